The van der Waals surface area contributed by atoms with Gasteiger partial charge in [-0.3, -0.25) is 0 Å². The molecule has 0 bridgehead atoms. The van der Waals surface area contributed by atoms with Gasteiger partial charge in [-0.2, -0.15) is 0 Å². The van der Waals surface area contributed by atoms with E-state index in [1.54, 1.807) is 0 Å². The molecule has 112 valence electrons. The number of ether oxygens (including phenoxy) is 1. The number of fused-ring (bicyclic) bond motifs is 1. The fourth-order valence-electron chi connectivity index (χ4n) is 2.93. The van der Waals surface area contributed by atoms with E-state index in [1.807, 2.05) is 19.4 Å². The molecule has 2 aromatic rings. The zero-order chi connectivity index (χ0) is 14.8. The molecule has 0 saturated carbocycles. The summed E-state index contributed by atoms with van der Waals surface area (Å²) in [6.07, 6.45) is 5.71. The number of likely N-dealkylation sites (N-methyl/N-ethyl adjacent to an activating group) is 1. The molecule has 0 aliphatic carbocycles. The predicted molar refractivity (Wildman–Crippen MR) is 86.7 cm³/mol. The Labute approximate surface area is 133 Å². The molecule has 1 unspecified atom stereocenters. The first-order valence-corrected chi connectivity index (χ1v) is 8.13. The van der Waals surface area contributed by atoms with Gasteiger partial charge in [-0.15, -0.1) is 0 Å². The second kappa shape index (κ2) is 6.20. The lowest BCUT2D eigenvalue weighted by Crippen LogP contribution is -2.25. The minimum Gasteiger partial charge on any atom is -0.493 e. The first-order chi connectivity index (χ1) is 10.2. The Hall–Kier alpha value is -1.33. The average molecular weight is 350 g/mol. The monoisotopic (exact) mass is 349 g/mol. The van der Waals surface area contributed by atoms with E-state index < -0.39 is 0 Å². The van der Waals surface area contributed by atoms with Crippen molar-refractivity contribution in [1.29, 1.82) is 0 Å². The molecule has 5 heteroatoms. The maximum atomic E-state index is 5.84. The van der Waals surface area contributed by atoms with E-state index in [4.69, 9.17) is 4.74 Å². The molecule has 0 radical (unpaired) electrons. The van der Waals surface area contributed by atoms with Gasteiger partial charge in [-0.1, -0.05) is 22.9 Å². The van der Waals surface area contributed by atoms with Crippen molar-refractivity contribution in [2.75, 3.05) is 13.2 Å². The summed E-state index contributed by atoms with van der Waals surface area (Å²) < 4.78 is 9.03. The number of aromatic nitrogens is 2. The number of halogens is 1. The van der Waals surface area contributed by atoms with Gasteiger partial charge in [0.25, 0.3) is 0 Å². The van der Waals surface area contributed by atoms with E-state index in [1.165, 1.54) is 11.1 Å². The third kappa shape index (κ3) is 2.99. The highest BCUT2D eigenvalue weighted by molar-refractivity contribution is 9.10. The number of hydrogen-bond acceptors (Lipinski definition) is 3. The summed E-state index contributed by atoms with van der Waals surface area (Å²) in [6.45, 7) is 3.82. The number of hydrogen-bond donors (Lipinski definition) is 1. The van der Waals surface area contributed by atoms with Gasteiger partial charge < -0.3 is 14.6 Å². The molecular formula is C16H20BrN3O. The second-order valence-corrected chi connectivity index (χ2v) is 6.28. The van der Waals surface area contributed by atoms with Crippen molar-refractivity contribution in [3.8, 4) is 5.75 Å². The number of nitrogens with zero attached hydrogens (tertiary/aromatic N) is 2. The molecule has 0 fully saturated rings. The van der Waals surface area contributed by atoms with Crippen LogP contribution in [-0.2, 0) is 19.9 Å². The van der Waals surface area contributed by atoms with Gasteiger partial charge in [0.05, 0.1) is 12.6 Å². The lowest BCUT2D eigenvalue weighted by Gasteiger charge is -2.19. The van der Waals surface area contributed by atoms with Crippen LogP contribution in [-0.4, -0.2) is 22.7 Å². The van der Waals surface area contributed by atoms with Crippen LogP contribution in [0, 0.1) is 0 Å². The molecule has 0 amide bonds. The number of imidazole rings is 1. The van der Waals surface area contributed by atoms with Gasteiger partial charge in [0, 0.05) is 30.3 Å². The Balaban J connectivity index is 1.92. The van der Waals surface area contributed by atoms with Crippen LogP contribution in [0.1, 0.15) is 29.9 Å². The van der Waals surface area contributed by atoms with E-state index in [2.05, 4.69) is 49.9 Å². The molecule has 1 atom stereocenters. The first kappa shape index (κ1) is 14.6. The Morgan fingerprint density at radius 3 is 3.05 bits per heavy atom. The summed E-state index contributed by atoms with van der Waals surface area (Å²) in [5.41, 5.74) is 2.54. The largest absolute Gasteiger partial charge is 0.493 e. The molecule has 21 heavy (non-hydrogen) atoms. The highest BCUT2D eigenvalue weighted by atomic mass is 79.9. The van der Waals surface area contributed by atoms with Crippen LogP contribution in [0.25, 0.3) is 0 Å². The van der Waals surface area contributed by atoms with Crippen molar-refractivity contribution >= 4 is 15.9 Å². The summed E-state index contributed by atoms with van der Waals surface area (Å²) in [6, 6.07) is 4.52. The van der Waals surface area contributed by atoms with E-state index >= 15 is 0 Å². The molecule has 1 aliphatic heterocycles. The molecule has 3 rings (SSSR count). The van der Waals surface area contributed by atoms with Crippen LogP contribution in [0.15, 0.2) is 29.0 Å². The van der Waals surface area contributed by atoms with Crippen LogP contribution >= 0.6 is 15.9 Å². The van der Waals surface area contributed by atoms with Gasteiger partial charge >= 0.3 is 0 Å². The molecule has 1 aromatic heterocycles. The molecule has 1 N–H and O–H groups in total. The molecule has 0 saturated heterocycles. The SMILES string of the molecule is CCNC(Cc1cc(Br)cc2c1OCC2)c1nccn1C. The quantitative estimate of drug-likeness (QED) is 0.901. The number of nitrogens with one attached hydrogen (secondary N) is 1. The number of benzene rings is 1. The Kier molecular flexibility index (Phi) is 4.31. The van der Waals surface area contributed by atoms with Gasteiger partial charge in [-0.05, 0) is 36.2 Å². The van der Waals surface area contributed by atoms with Crippen LogP contribution in [0.2, 0.25) is 0 Å². The Morgan fingerprint density at radius 1 is 1.48 bits per heavy atom. The van der Waals surface area contributed by atoms with Gasteiger partial charge in [0.15, 0.2) is 0 Å². The fraction of sp³-hybridized carbons (Fsp3) is 0.438. The normalized spacial score (nSPS) is 14.8. The molecule has 2 heterocycles. The van der Waals surface area contributed by atoms with Gasteiger partial charge in [-0.25, -0.2) is 4.98 Å². The Morgan fingerprint density at radius 2 is 2.33 bits per heavy atom. The number of aryl methyl sites for hydroxylation is 1. The third-order valence-electron chi connectivity index (χ3n) is 3.87. The lowest BCUT2D eigenvalue weighted by molar-refractivity contribution is 0.351. The minimum atomic E-state index is 0.192. The zero-order valence-corrected chi connectivity index (χ0v) is 14.0. The maximum Gasteiger partial charge on any atom is 0.125 e. The summed E-state index contributed by atoms with van der Waals surface area (Å²) >= 11 is 3.61. The van der Waals surface area contributed by atoms with Crippen molar-refractivity contribution in [3.63, 3.8) is 0 Å². The smallest absolute Gasteiger partial charge is 0.125 e. The van der Waals surface area contributed by atoms with Gasteiger partial charge in [0.2, 0.25) is 0 Å². The zero-order valence-electron chi connectivity index (χ0n) is 12.4. The van der Waals surface area contributed by atoms with E-state index in [0.717, 1.165) is 42.0 Å². The molecule has 4 nitrogen and oxygen atoms in total. The summed E-state index contributed by atoms with van der Waals surface area (Å²) in [5.74, 6) is 2.12. The predicted octanol–water partition coefficient (Wildman–Crippen LogP) is 3.01. The summed E-state index contributed by atoms with van der Waals surface area (Å²) in [7, 11) is 2.04. The van der Waals surface area contributed by atoms with Crippen LogP contribution in [0.4, 0.5) is 0 Å². The van der Waals surface area contributed by atoms with Crippen molar-refractivity contribution in [3.05, 3.63) is 46.0 Å². The highest BCUT2D eigenvalue weighted by Gasteiger charge is 2.22. The molecule has 1 aromatic carbocycles. The van der Waals surface area contributed by atoms with E-state index in [-0.39, 0.29) is 6.04 Å². The summed E-state index contributed by atoms with van der Waals surface area (Å²) in [4.78, 5) is 4.49. The molecular weight excluding hydrogens is 330 g/mol. The van der Waals surface area contributed by atoms with Crippen molar-refractivity contribution < 1.29 is 4.74 Å². The average Bonchev–Trinajstić information content (AvgIpc) is 3.06. The van der Waals surface area contributed by atoms with Crippen LogP contribution < -0.4 is 10.1 Å². The third-order valence-corrected chi connectivity index (χ3v) is 4.33. The van der Waals surface area contributed by atoms with Crippen molar-refractivity contribution in [2.45, 2.75) is 25.8 Å². The number of rotatable bonds is 5. The van der Waals surface area contributed by atoms with Crippen LogP contribution in [0.3, 0.4) is 0 Å². The molecule has 1 aliphatic rings. The fourth-order valence-corrected chi connectivity index (χ4v) is 3.48. The van der Waals surface area contributed by atoms with Crippen LogP contribution in [0.5, 0.6) is 5.75 Å². The minimum absolute atomic E-state index is 0.192. The van der Waals surface area contributed by atoms with Crippen molar-refractivity contribution in [1.82, 2.24) is 14.9 Å². The highest BCUT2D eigenvalue weighted by Crippen LogP contribution is 2.35. The first-order valence-electron chi connectivity index (χ1n) is 7.33. The van der Waals surface area contributed by atoms with Crippen molar-refractivity contribution in [2.24, 2.45) is 7.05 Å². The van der Waals surface area contributed by atoms with E-state index in [0.29, 0.717) is 0 Å². The second-order valence-electron chi connectivity index (χ2n) is 5.36. The van der Waals surface area contributed by atoms with Gasteiger partial charge in [0.1, 0.15) is 11.6 Å². The maximum absolute atomic E-state index is 5.84. The molecule has 0 spiro atoms. The summed E-state index contributed by atoms with van der Waals surface area (Å²) in [5, 5.41) is 3.53. The lowest BCUT2D eigenvalue weighted by atomic mass is 10.0. The Bertz CT molecular complexity index is 638. The standard InChI is InChI=1S/C16H20BrN3O/c1-3-18-14(16-19-5-6-20(16)2)10-12-9-13(17)8-11-4-7-21-15(11)12/h5-6,8-9,14,18H,3-4,7,10H2,1-2H3. The van der Waals surface area contributed by atoms with E-state index in [9.17, 15) is 0 Å². The topological polar surface area (TPSA) is 39.1 Å².